The second kappa shape index (κ2) is 12.8. The Morgan fingerprint density at radius 3 is 1.52 bits per heavy atom. The molecule has 0 aliphatic rings. The average molecular weight is 742 g/mol. The van der Waals surface area contributed by atoms with Gasteiger partial charge in [-0.3, -0.25) is 4.57 Å². The van der Waals surface area contributed by atoms with Gasteiger partial charge in [0.15, 0.2) is 17.5 Å². The number of aromatic nitrogens is 5. The van der Waals surface area contributed by atoms with Gasteiger partial charge in [-0.05, 0) is 80.8 Å². The van der Waals surface area contributed by atoms with Crippen LogP contribution < -0.4 is 0 Å². The maximum atomic E-state index is 6.31. The molecule has 0 atom stereocenters. The van der Waals surface area contributed by atoms with Crippen LogP contribution in [0.5, 0.6) is 0 Å². The number of hydrogen-bond donors (Lipinski definition) is 0. The number of fused-ring (bicyclic) bond motifs is 10. The standard InChI is InChI=1S/C52H31N5O/c1-2-12-36(13-3-1)57-46-20-10-9-19-45(46)53-52(57)33-24-22-32(23-25-33)49-54-50(56-51(55-49)35-27-29-43-42-18-8-11-21-47(42)58-48(43)31-35)34-26-28-41-39-16-5-4-14-37(39)38-15-6-7-17-40(38)44(41)30-34/h1-31H. The van der Waals surface area contributed by atoms with Crippen molar-refractivity contribution in [2.75, 3.05) is 0 Å². The molecule has 0 N–H and O–H groups in total. The number of nitrogens with zero attached hydrogens (tertiary/aromatic N) is 5. The van der Waals surface area contributed by atoms with Crippen molar-refractivity contribution in [2.24, 2.45) is 0 Å². The molecule has 0 spiro atoms. The van der Waals surface area contributed by atoms with Gasteiger partial charge < -0.3 is 4.42 Å². The molecule has 0 amide bonds. The molecule has 0 aliphatic carbocycles. The molecule has 0 unspecified atom stereocenters. The Morgan fingerprint density at radius 1 is 0.328 bits per heavy atom. The zero-order valence-electron chi connectivity index (χ0n) is 31.0. The van der Waals surface area contributed by atoms with Gasteiger partial charge in [0.25, 0.3) is 0 Å². The maximum Gasteiger partial charge on any atom is 0.164 e. The summed E-state index contributed by atoms with van der Waals surface area (Å²) >= 11 is 0. The molecular formula is C52H31N5O. The van der Waals surface area contributed by atoms with E-state index in [4.69, 9.17) is 24.4 Å². The fourth-order valence-corrected chi connectivity index (χ4v) is 8.50. The van der Waals surface area contributed by atoms with E-state index in [1.54, 1.807) is 0 Å². The monoisotopic (exact) mass is 741 g/mol. The van der Waals surface area contributed by atoms with Crippen LogP contribution in [0.1, 0.15) is 0 Å². The molecule has 6 heteroatoms. The Morgan fingerprint density at radius 2 is 0.810 bits per heavy atom. The number of hydrogen-bond acceptors (Lipinski definition) is 5. The van der Waals surface area contributed by atoms with Crippen LogP contribution >= 0.6 is 0 Å². The Kier molecular flexibility index (Phi) is 7.13. The largest absolute Gasteiger partial charge is 0.456 e. The predicted molar refractivity (Wildman–Crippen MR) is 236 cm³/mol. The Hall–Kier alpha value is -7.96. The van der Waals surface area contributed by atoms with Gasteiger partial charge in [0, 0.05) is 38.7 Å². The molecule has 12 aromatic rings. The highest BCUT2D eigenvalue weighted by atomic mass is 16.3. The van der Waals surface area contributed by atoms with E-state index in [0.717, 1.165) is 72.1 Å². The van der Waals surface area contributed by atoms with Crippen molar-refractivity contribution in [3.8, 4) is 51.2 Å². The summed E-state index contributed by atoms with van der Waals surface area (Å²) in [6, 6.07) is 65.1. The van der Waals surface area contributed by atoms with Crippen LogP contribution in [0.25, 0.3) is 117 Å². The molecule has 58 heavy (non-hydrogen) atoms. The number of furan rings is 1. The summed E-state index contributed by atoms with van der Waals surface area (Å²) in [7, 11) is 0. The fourth-order valence-electron chi connectivity index (χ4n) is 8.50. The first kappa shape index (κ1) is 32.3. The quantitative estimate of drug-likeness (QED) is 0.164. The topological polar surface area (TPSA) is 69.6 Å². The maximum absolute atomic E-state index is 6.31. The van der Waals surface area contributed by atoms with Gasteiger partial charge in [0.2, 0.25) is 0 Å². The number of imidazole rings is 1. The summed E-state index contributed by atoms with van der Waals surface area (Å²) in [5.41, 5.74) is 8.31. The summed E-state index contributed by atoms with van der Waals surface area (Å²) in [6.45, 7) is 0. The molecule has 0 saturated heterocycles. The molecule has 0 saturated carbocycles. The molecule has 0 bridgehead atoms. The fraction of sp³-hybridized carbons (Fsp3) is 0. The summed E-state index contributed by atoms with van der Waals surface area (Å²) in [4.78, 5) is 20.6. The minimum Gasteiger partial charge on any atom is -0.456 e. The molecule has 0 radical (unpaired) electrons. The Labute approximate surface area is 332 Å². The molecule has 3 aromatic heterocycles. The third kappa shape index (κ3) is 5.12. The summed E-state index contributed by atoms with van der Waals surface area (Å²) in [6.07, 6.45) is 0. The van der Waals surface area contributed by atoms with Gasteiger partial charge in [0.05, 0.1) is 11.0 Å². The van der Waals surface area contributed by atoms with Crippen LogP contribution in [-0.4, -0.2) is 24.5 Å². The van der Waals surface area contributed by atoms with Gasteiger partial charge in [-0.1, -0.05) is 140 Å². The van der Waals surface area contributed by atoms with Crippen LogP contribution in [0, 0.1) is 0 Å². The van der Waals surface area contributed by atoms with Gasteiger partial charge in [0.1, 0.15) is 17.0 Å². The number of para-hydroxylation sites is 4. The molecule has 12 rings (SSSR count). The summed E-state index contributed by atoms with van der Waals surface area (Å²) < 4.78 is 8.52. The highest BCUT2D eigenvalue weighted by Gasteiger charge is 2.18. The summed E-state index contributed by atoms with van der Waals surface area (Å²) in [5.74, 6) is 2.61. The van der Waals surface area contributed by atoms with E-state index in [-0.39, 0.29) is 0 Å². The van der Waals surface area contributed by atoms with Crippen molar-refractivity contribution in [2.45, 2.75) is 0 Å². The van der Waals surface area contributed by atoms with Crippen molar-refractivity contribution in [1.29, 1.82) is 0 Å². The van der Waals surface area contributed by atoms with Gasteiger partial charge in [-0.15, -0.1) is 0 Å². The Balaban J connectivity index is 1.03. The molecule has 270 valence electrons. The van der Waals surface area contributed by atoms with Crippen molar-refractivity contribution in [1.82, 2.24) is 24.5 Å². The molecule has 6 nitrogen and oxygen atoms in total. The van der Waals surface area contributed by atoms with Crippen LogP contribution in [0.2, 0.25) is 0 Å². The smallest absolute Gasteiger partial charge is 0.164 e. The third-order valence-corrected chi connectivity index (χ3v) is 11.3. The number of rotatable bonds is 5. The second-order valence-electron chi connectivity index (χ2n) is 14.6. The molecular weight excluding hydrogens is 711 g/mol. The van der Waals surface area contributed by atoms with Gasteiger partial charge in [-0.25, -0.2) is 19.9 Å². The molecule has 3 heterocycles. The first-order valence-corrected chi connectivity index (χ1v) is 19.4. The lowest BCUT2D eigenvalue weighted by molar-refractivity contribution is 0.669. The van der Waals surface area contributed by atoms with Crippen molar-refractivity contribution in [3.63, 3.8) is 0 Å². The van der Waals surface area contributed by atoms with Crippen LogP contribution in [0.4, 0.5) is 0 Å². The zero-order valence-corrected chi connectivity index (χ0v) is 31.0. The minimum atomic E-state index is 0.570. The third-order valence-electron chi connectivity index (χ3n) is 11.3. The highest BCUT2D eigenvalue weighted by molar-refractivity contribution is 6.25. The van der Waals surface area contributed by atoms with Gasteiger partial charge in [-0.2, -0.15) is 0 Å². The molecule has 0 aliphatic heterocycles. The van der Waals surface area contributed by atoms with Crippen molar-refractivity contribution in [3.05, 3.63) is 188 Å². The van der Waals surface area contributed by atoms with Crippen molar-refractivity contribution < 1.29 is 4.42 Å². The van der Waals surface area contributed by atoms with E-state index >= 15 is 0 Å². The lowest BCUT2D eigenvalue weighted by Crippen LogP contribution is -2.01. The first-order valence-electron chi connectivity index (χ1n) is 19.4. The molecule has 9 aromatic carbocycles. The van der Waals surface area contributed by atoms with E-state index < -0.39 is 0 Å². The van der Waals surface area contributed by atoms with Crippen LogP contribution in [-0.2, 0) is 0 Å². The summed E-state index contributed by atoms with van der Waals surface area (Å²) in [5, 5.41) is 9.37. The van der Waals surface area contributed by atoms with Crippen molar-refractivity contribution >= 4 is 65.3 Å². The first-order chi connectivity index (χ1) is 28.7. The van der Waals surface area contributed by atoms with E-state index in [1.807, 2.05) is 36.4 Å². The predicted octanol–water partition coefficient (Wildman–Crippen LogP) is 13.2. The average Bonchev–Trinajstić information content (AvgIpc) is 3.88. The lowest BCUT2D eigenvalue weighted by Gasteiger charge is -2.13. The van der Waals surface area contributed by atoms with E-state index in [9.17, 15) is 0 Å². The van der Waals surface area contributed by atoms with E-state index in [0.29, 0.717) is 17.5 Å². The lowest BCUT2D eigenvalue weighted by atomic mass is 9.93. The zero-order chi connectivity index (χ0) is 38.2. The van der Waals surface area contributed by atoms with E-state index in [1.165, 1.54) is 26.9 Å². The van der Waals surface area contributed by atoms with Gasteiger partial charge >= 0.3 is 0 Å². The Bertz CT molecular complexity index is 3530. The van der Waals surface area contributed by atoms with E-state index in [2.05, 4.69) is 156 Å². The normalized spacial score (nSPS) is 11.8. The minimum absolute atomic E-state index is 0.570. The second-order valence-corrected chi connectivity index (χ2v) is 14.6. The molecule has 0 fully saturated rings. The van der Waals surface area contributed by atoms with Crippen LogP contribution in [0.15, 0.2) is 192 Å². The SMILES string of the molecule is c1ccc(-n2c(-c3ccc(-c4nc(-c5ccc6c(c5)oc5ccccc56)nc(-c5ccc6c7ccccc7c7ccccc7c6c5)n4)cc3)nc3ccccc32)cc1. The highest BCUT2D eigenvalue weighted by Crippen LogP contribution is 2.38. The number of benzene rings is 9. The van der Waals surface area contributed by atoms with Crippen LogP contribution in [0.3, 0.4) is 0 Å².